The predicted molar refractivity (Wildman–Crippen MR) is 116 cm³/mol. The van der Waals surface area contributed by atoms with Crippen LogP contribution in [0.15, 0.2) is 48.8 Å². The van der Waals surface area contributed by atoms with Gasteiger partial charge in [0.1, 0.15) is 11.9 Å². The number of benzene rings is 2. The lowest BCUT2D eigenvalue weighted by molar-refractivity contribution is -0.124. The van der Waals surface area contributed by atoms with Crippen molar-refractivity contribution in [1.29, 1.82) is 0 Å². The highest BCUT2D eigenvalue weighted by Gasteiger charge is 2.37. The van der Waals surface area contributed by atoms with E-state index in [9.17, 15) is 9.59 Å². The van der Waals surface area contributed by atoms with Gasteiger partial charge >= 0.3 is 0 Å². The molecule has 1 atom stereocenters. The highest BCUT2D eigenvalue weighted by Crippen LogP contribution is 2.34. The molecule has 2 amide bonds. The van der Waals surface area contributed by atoms with Gasteiger partial charge in [-0.1, -0.05) is 49.1 Å². The minimum absolute atomic E-state index is 0.357. The largest absolute Gasteiger partial charge is 0.368 e. The molecule has 0 bridgehead atoms. The van der Waals surface area contributed by atoms with Crippen LogP contribution in [0.25, 0.3) is 16.8 Å². The first-order valence-electron chi connectivity index (χ1n) is 10.4. The van der Waals surface area contributed by atoms with E-state index in [0.717, 1.165) is 36.0 Å². The van der Waals surface area contributed by atoms with Crippen molar-refractivity contribution >= 4 is 11.8 Å². The third-order valence-corrected chi connectivity index (χ3v) is 6.03. The van der Waals surface area contributed by atoms with Gasteiger partial charge in [0.05, 0.1) is 5.69 Å². The lowest BCUT2D eigenvalue weighted by Crippen LogP contribution is -2.56. The number of hydrogen-bond acceptors (Lipinski definition) is 5. The summed E-state index contributed by atoms with van der Waals surface area (Å²) in [6.07, 6.45) is 5.29. The van der Waals surface area contributed by atoms with Gasteiger partial charge < -0.3 is 11.1 Å². The van der Waals surface area contributed by atoms with E-state index in [1.807, 2.05) is 37.3 Å². The van der Waals surface area contributed by atoms with Gasteiger partial charge in [0.2, 0.25) is 5.91 Å². The quantitative estimate of drug-likeness (QED) is 0.612. The van der Waals surface area contributed by atoms with Gasteiger partial charge in [0, 0.05) is 5.56 Å². The van der Waals surface area contributed by atoms with Crippen LogP contribution in [-0.4, -0.2) is 37.6 Å². The number of primary amides is 1. The van der Waals surface area contributed by atoms with Crippen molar-refractivity contribution in [2.45, 2.75) is 45.1 Å². The minimum Gasteiger partial charge on any atom is -0.368 e. The summed E-state index contributed by atoms with van der Waals surface area (Å²) < 4.78 is 1.50. The van der Waals surface area contributed by atoms with Crippen molar-refractivity contribution in [2.24, 2.45) is 11.7 Å². The lowest BCUT2D eigenvalue weighted by atomic mass is 9.76. The Balaban J connectivity index is 1.69. The molecule has 160 valence electrons. The summed E-state index contributed by atoms with van der Waals surface area (Å²) >= 11 is 0. The van der Waals surface area contributed by atoms with Crippen LogP contribution in [0.5, 0.6) is 0 Å². The molecule has 1 fully saturated rings. The molecular weight excluding hydrogens is 392 g/mol. The highest BCUT2D eigenvalue weighted by molar-refractivity contribution is 6.00. The molecule has 0 aliphatic heterocycles. The number of hydrogen-bond donors (Lipinski definition) is 2. The summed E-state index contributed by atoms with van der Waals surface area (Å²) in [6.45, 7) is 3.73. The van der Waals surface area contributed by atoms with Gasteiger partial charge in [-0.05, 0) is 65.9 Å². The molecule has 0 radical (unpaired) electrons. The Morgan fingerprint density at radius 1 is 1.16 bits per heavy atom. The van der Waals surface area contributed by atoms with Crippen LogP contribution < -0.4 is 11.1 Å². The molecule has 3 aromatic rings. The molecule has 1 heterocycles. The Bertz CT molecular complexity index is 1090. The maximum atomic E-state index is 13.2. The first-order chi connectivity index (χ1) is 14.8. The van der Waals surface area contributed by atoms with Crippen molar-refractivity contribution in [3.8, 4) is 16.8 Å². The first-order valence-corrected chi connectivity index (χ1v) is 10.4. The first kappa shape index (κ1) is 20.7. The second-order valence-electron chi connectivity index (χ2n) is 8.54. The number of nitrogens with two attached hydrogens (primary N) is 1. The smallest absolute Gasteiger partial charge is 0.252 e. The van der Waals surface area contributed by atoms with E-state index in [-0.39, 0.29) is 5.91 Å². The van der Waals surface area contributed by atoms with E-state index in [4.69, 9.17) is 5.73 Å². The Labute approximate surface area is 180 Å². The van der Waals surface area contributed by atoms with Gasteiger partial charge in [0.25, 0.3) is 5.91 Å². The zero-order valence-electron chi connectivity index (χ0n) is 17.7. The molecule has 0 saturated heterocycles. The van der Waals surface area contributed by atoms with E-state index >= 15 is 0 Å². The molecule has 8 nitrogen and oxygen atoms in total. The third-order valence-electron chi connectivity index (χ3n) is 6.03. The standard InChI is InChI=1S/C23H26N6O2/c1-15-6-8-17(9-7-15)18-10-19(12-20(11-18)29-14-25-27-28-29)21(30)26-23(2,22(24)31)13-16-4-3-5-16/h6-12,14,16H,3-5,13H2,1-2H3,(H2,24,31)(H,26,30). The van der Waals surface area contributed by atoms with Gasteiger partial charge in [-0.25, -0.2) is 4.68 Å². The minimum atomic E-state index is -1.10. The molecule has 4 rings (SSSR count). The fraction of sp³-hybridized carbons (Fsp3) is 0.348. The Hall–Kier alpha value is -3.55. The normalized spacial score (nSPS) is 15.7. The van der Waals surface area contributed by atoms with E-state index in [2.05, 4.69) is 20.8 Å². The number of amides is 2. The number of nitrogens with zero attached hydrogens (tertiary/aromatic N) is 4. The maximum absolute atomic E-state index is 13.2. The molecular formula is C23H26N6O2. The third kappa shape index (κ3) is 4.47. The lowest BCUT2D eigenvalue weighted by Gasteiger charge is -2.35. The highest BCUT2D eigenvalue weighted by atomic mass is 16.2. The van der Waals surface area contributed by atoms with Crippen molar-refractivity contribution in [2.75, 3.05) is 0 Å². The molecule has 1 aliphatic carbocycles. The van der Waals surface area contributed by atoms with Crippen molar-refractivity contribution in [1.82, 2.24) is 25.5 Å². The number of carbonyl (C=O) groups is 2. The molecule has 0 spiro atoms. The van der Waals surface area contributed by atoms with Gasteiger partial charge in [-0.15, -0.1) is 5.10 Å². The van der Waals surface area contributed by atoms with Crippen molar-refractivity contribution < 1.29 is 9.59 Å². The summed E-state index contributed by atoms with van der Waals surface area (Å²) in [5.74, 6) is -0.472. The Morgan fingerprint density at radius 3 is 2.48 bits per heavy atom. The van der Waals surface area contributed by atoms with Crippen LogP contribution in [0.3, 0.4) is 0 Å². The van der Waals surface area contributed by atoms with E-state index in [1.54, 1.807) is 19.1 Å². The average molecular weight is 419 g/mol. The topological polar surface area (TPSA) is 116 Å². The molecule has 2 aromatic carbocycles. The Morgan fingerprint density at radius 2 is 1.90 bits per heavy atom. The maximum Gasteiger partial charge on any atom is 0.252 e. The van der Waals surface area contributed by atoms with Crippen molar-refractivity contribution in [3.63, 3.8) is 0 Å². The summed E-state index contributed by atoms with van der Waals surface area (Å²) in [5, 5.41) is 14.2. The summed E-state index contributed by atoms with van der Waals surface area (Å²) in [7, 11) is 0. The van der Waals surface area contributed by atoms with Crippen LogP contribution in [0.4, 0.5) is 0 Å². The zero-order chi connectivity index (χ0) is 22.0. The number of nitrogens with one attached hydrogen (secondary N) is 1. The summed E-state index contributed by atoms with van der Waals surface area (Å²) in [5.41, 5.74) is 8.59. The van der Waals surface area contributed by atoms with Gasteiger partial charge in [-0.2, -0.15) is 0 Å². The van der Waals surface area contributed by atoms with E-state index < -0.39 is 11.4 Å². The fourth-order valence-corrected chi connectivity index (χ4v) is 3.88. The Kier molecular flexibility index (Phi) is 5.54. The van der Waals surface area contributed by atoms with E-state index in [1.165, 1.54) is 11.0 Å². The van der Waals surface area contributed by atoms with Gasteiger partial charge in [0.15, 0.2) is 0 Å². The average Bonchev–Trinajstić information content (AvgIpc) is 3.26. The molecule has 3 N–H and O–H groups in total. The van der Waals surface area contributed by atoms with Crippen molar-refractivity contribution in [3.05, 3.63) is 59.9 Å². The molecule has 31 heavy (non-hydrogen) atoms. The molecule has 1 unspecified atom stereocenters. The van der Waals surface area contributed by atoms with Gasteiger partial charge in [-0.3, -0.25) is 9.59 Å². The summed E-state index contributed by atoms with van der Waals surface area (Å²) in [4.78, 5) is 25.4. The second-order valence-corrected chi connectivity index (χ2v) is 8.54. The number of carbonyl (C=O) groups excluding carboxylic acids is 2. The van der Waals surface area contributed by atoms with Crippen LogP contribution in [0.2, 0.25) is 0 Å². The molecule has 8 heteroatoms. The number of tetrazole rings is 1. The van der Waals surface area contributed by atoms with Crippen LogP contribution in [0.1, 0.15) is 48.5 Å². The van der Waals surface area contributed by atoms with Crippen LogP contribution in [0, 0.1) is 12.8 Å². The SMILES string of the molecule is Cc1ccc(-c2cc(C(=O)NC(C)(CC3CCC3)C(N)=O)cc(-n3cnnn3)c2)cc1. The fourth-order valence-electron chi connectivity index (χ4n) is 3.88. The molecule has 1 aromatic heterocycles. The zero-order valence-corrected chi connectivity index (χ0v) is 17.7. The number of aryl methyl sites for hydroxylation is 1. The van der Waals surface area contributed by atoms with Crippen LogP contribution >= 0.6 is 0 Å². The predicted octanol–water partition coefficient (Wildman–Crippen LogP) is 2.80. The molecule has 1 aliphatic rings. The number of rotatable bonds is 7. The number of aromatic nitrogens is 4. The second kappa shape index (κ2) is 8.29. The monoisotopic (exact) mass is 418 g/mol. The summed E-state index contributed by atoms with van der Waals surface area (Å²) in [6, 6.07) is 13.5. The van der Waals surface area contributed by atoms with E-state index in [0.29, 0.717) is 23.6 Å². The molecule has 1 saturated carbocycles. The van der Waals surface area contributed by atoms with Crippen LogP contribution in [-0.2, 0) is 4.79 Å².